The van der Waals surface area contributed by atoms with Crippen molar-refractivity contribution in [3.8, 4) is 0 Å². The van der Waals surface area contributed by atoms with Crippen LogP contribution < -0.4 is 0 Å². The molecule has 1 saturated heterocycles. The molecule has 0 spiro atoms. The molecule has 1 fully saturated rings. The molecule has 1 atom stereocenters. The number of Topliss-reactive ketones (excluding diaryl/α,β-unsaturated/α-hetero) is 1. The Balaban J connectivity index is 1.53. The maximum absolute atomic E-state index is 13.6. The lowest BCUT2D eigenvalue weighted by molar-refractivity contribution is 0.0977. The fourth-order valence-corrected chi connectivity index (χ4v) is 8.65. The van der Waals surface area contributed by atoms with Gasteiger partial charge in [0.1, 0.15) is 11.5 Å². The standard InChI is InChI=1S/C29H28NO2S/c1-2-30-24-13-10-20(28(31)19-8-4-3-5-9-19)18-23(24)27-21-12-15-26(33-16-6-7-17-33)29(32)22(21)11-14-25(27)30/h3-5,8-11,13-14,18,26H,2,6-7,12,15-17H2,1H3/q+1. The second-order valence-electron chi connectivity index (χ2n) is 9.20. The Morgan fingerprint density at radius 1 is 0.970 bits per heavy atom. The average Bonchev–Trinajstić information content (AvgIpc) is 3.50. The first-order valence-electron chi connectivity index (χ1n) is 12.1. The van der Waals surface area contributed by atoms with Crippen LogP contribution in [0.25, 0.3) is 21.8 Å². The SMILES string of the molecule is CCn1c2ccc(C(=O)c3ccccc3)cc2c2c3c(ccc21)C(=O)C([S+]1CCCC1)CC3. The highest BCUT2D eigenvalue weighted by atomic mass is 32.2. The summed E-state index contributed by atoms with van der Waals surface area (Å²) < 4.78 is 2.32. The lowest BCUT2D eigenvalue weighted by atomic mass is 9.87. The molecule has 2 aliphatic rings. The maximum Gasteiger partial charge on any atom is 0.215 e. The fraction of sp³-hybridized carbons (Fsp3) is 0.310. The molecule has 0 N–H and O–H groups in total. The van der Waals surface area contributed by atoms with Gasteiger partial charge in [-0.05, 0) is 73.0 Å². The van der Waals surface area contributed by atoms with E-state index in [-0.39, 0.29) is 21.9 Å². The zero-order chi connectivity index (χ0) is 22.5. The molecule has 33 heavy (non-hydrogen) atoms. The molecule has 1 aliphatic heterocycles. The fourth-order valence-electron chi connectivity index (χ4n) is 5.85. The number of hydrogen-bond acceptors (Lipinski definition) is 2. The minimum absolute atomic E-state index is 0.0401. The van der Waals surface area contributed by atoms with Crippen LogP contribution in [0.15, 0.2) is 60.7 Å². The molecule has 2 heterocycles. The van der Waals surface area contributed by atoms with Crippen LogP contribution in [0.5, 0.6) is 0 Å². The molecule has 1 aliphatic carbocycles. The van der Waals surface area contributed by atoms with E-state index in [1.165, 1.54) is 40.8 Å². The van der Waals surface area contributed by atoms with Crippen molar-refractivity contribution >= 4 is 44.3 Å². The number of aryl methyl sites for hydroxylation is 2. The van der Waals surface area contributed by atoms with Crippen molar-refractivity contribution in [1.29, 1.82) is 0 Å². The molecule has 6 rings (SSSR count). The largest absolute Gasteiger partial charge is 0.341 e. The van der Waals surface area contributed by atoms with Gasteiger partial charge in [-0.3, -0.25) is 9.59 Å². The first-order valence-corrected chi connectivity index (χ1v) is 13.7. The summed E-state index contributed by atoms with van der Waals surface area (Å²) in [5.41, 5.74) is 5.83. The zero-order valence-electron chi connectivity index (χ0n) is 19.0. The van der Waals surface area contributed by atoms with Crippen molar-refractivity contribution < 1.29 is 9.59 Å². The summed E-state index contributed by atoms with van der Waals surface area (Å²) >= 11 is 0. The average molecular weight is 455 g/mol. The predicted molar refractivity (Wildman–Crippen MR) is 138 cm³/mol. The van der Waals surface area contributed by atoms with Crippen molar-refractivity contribution in [2.75, 3.05) is 11.5 Å². The van der Waals surface area contributed by atoms with Gasteiger partial charge in [0, 0.05) is 51.5 Å². The van der Waals surface area contributed by atoms with Gasteiger partial charge in [0.2, 0.25) is 5.78 Å². The smallest absolute Gasteiger partial charge is 0.215 e. The first-order chi connectivity index (χ1) is 16.2. The van der Waals surface area contributed by atoms with E-state index in [2.05, 4.69) is 35.8 Å². The number of benzene rings is 3. The number of carbonyl (C=O) groups is 2. The van der Waals surface area contributed by atoms with Crippen LogP contribution in [0.4, 0.5) is 0 Å². The molecule has 1 unspecified atom stereocenters. The van der Waals surface area contributed by atoms with E-state index in [1.54, 1.807) is 0 Å². The number of hydrogen-bond donors (Lipinski definition) is 0. The monoisotopic (exact) mass is 454 g/mol. The van der Waals surface area contributed by atoms with Gasteiger partial charge in [-0.25, -0.2) is 0 Å². The Bertz CT molecular complexity index is 1400. The minimum atomic E-state index is 0.0401. The van der Waals surface area contributed by atoms with E-state index in [0.29, 0.717) is 16.9 Å². The Morgan fingerprint density at radius 2 is 1.73 bits per heavy atom. The number of carbonyl (C=O) groups excluding carboxylic acids is 2. The van der Waals surface area contributed by atoms with E-state index in [9.17, 15) is 9.59 Å². The molecule has 3 nitrogen and oxygen atoms in total. The number of nitrogens with zero attached hydrogens (tertiary/aromatic N) is 1. The lowest BCUT2D eigenvalue weighted by Gasteiger charge is -2.23. The van der Waals surface area contributed by atoms with E-state index in [1.807, 2.05) is 36.4 Å². The third-order valence-corrected chi connectivity index (χ3v) is 10.3. The highest BCUT2D eigenvalue weighted by Gasteiger charge is 2.42. The van der Waals surface area contributed by atoms with Crippen LogP contribution in [0.1, 0.15) is 58.0 Å². The number of aromatic nitrogens is 1. The van der Waals surface area contributed by atoms with Crippen molar-refractivity contribution in [3.63, 3.8) is 0 Å². The molecule has 4 aromatic rings. The van der Waals surface area contributed by atoms with E-state index in [0.717, 1.165) is 35.9 Å². The Morgan fingerprint density at radius 3 is 2.48 bits per heavy atom. The molecule has 1 aromatic heterocycles. The second-order valence-corrected chi connectivity index (χ2v) is 11.7. The van der Waals surface area contributed by atoms with Gasteiger partial charge in [-0.1, -0.05) is 30.3 Å². The molecular formula is C29H28NO2S+. The zero-order valence-corrected chi connectivity index (χ0v) is 19.8. The maximum atomic E-state index is 13.6. The normalized spacial score (nSPS) is 18.8. The van der Waals surface area contributed by atoms with Crippen molar-refractivity contribution in [3.05, 3.63) is 82.9 Å². The van der Waals surface area contributed by atoms with E-state index in [4.69, 9.17) is 0 Å². The summed E-state index contributed by atoms with van der Waals surface area (Å²) in [6, 6.07) is 19.7. The molecule has 0 radical (unpaired) electrons. The summed E-state index contributed by atoms with van der Waals surface area (Å²) in [5.74, 6) is 2.86. The second kappa shape index (κ2) is 8.18. The number of ketones is 2. The van der Waals surface area contributed by atoms with Gasteiger partial charge < -0.3 is 4.57 Å². The summed E-state index contributed by atoms with van der Waals surface area (Å²) in [6.07, 6.45) is 4.48. The first kappa shape index (κ1) is 20.7. The summed E-state index contributed by atoms with van der Waals surface area (Å²) in [4.78, 5) is 26.7. The summed E-state index contributed by atoms with van der Waals surface area (Å²) in [6.45, 7) is 3.01. The van der Waals surface area contributed by atoms with Crippen molar-refractivity contribution in [1.82, 2.24) is 4.57 Å². The van der Waals surface area contributed by atoms with Crippen LogP contribution >= 0.6 is 0 Å². The third-order valence-electron chi connectivity index (χ3n) is 7.43. The van der Waals surface area contributed by atoms with Crippen LogP contribution in [0, 0.1) is 0 Å². The predicted octanol–water partition coefficient (Wildman–Crippen LogP) is 5.96. The molecule has 4 heteroatoms. The molecular weight excluding hydrogens is 426 g/mol. The highest BCUT2D eigenvalue weighted by molar-refractivity contribution is 7.98. The molecule has 0 saturated carbocycles. The molecule has 3 aromatic carbocycles. The van der Waals surface area contributed by atoms with Gasteiger partial charge in [0.15, 0.2) is 11.0 Å². The van der Waals surface area contributed by atoms with Crippen LogP contribution in [0.2, 0.25) is 0 Å². The minimum Gasteiger partial charge on any atom is -0.341 e. The van der Waals surface area contributed by atoms with Crippen LogP contribution in [-0.4, -0.2) is 32.9 Å². The van der Waals surface area contributed by atoms with Crippen molar-refractivity contribution in [2.45, 2.75) is 44.4 Å². The van der Waals surface area contributed by atoms with Gasteiger partial charge in [0.05, 0.1) is 0 Å². The molecule has 0 amide bonds. The van der Waals surface area contributed by atoms with Gasteiger partial charge in [-0.15, -0.1) is 0 Å². The Hall–Kier alpha value is -2.85. The molecule has 166 valence electrons. The Kier molecular flexibility index (Phi) is 5.14. The van der Waals surface area contributed by atoms with Gasteiger partial charge >= 0.3 is 0 Å². The highest BCUT2D eigenvalue weighted by Crippen LogP contribution is 2.39. The van der Waals surface area contributed by atoms with Crippen molar-refractivity contribution in [2.24, 2.45) is 0 Å². The summed E-state index contributed by atoms with van der Waals surface area (Å²) in [5, 5.41) is 2.49. The van der Waals surface area contributed by atoms with Gasteiger partial charge in [0.25, 0.3) is 0 Å². The van der Waals surface area contributed by atoms with Gasteiger partial charge in [-0.2, -0.15) is 0 Å². The van der Waals surface area contributed by atoms with E-state index < -0.39 is 0 Å². The topological polar surface area (TPSA) is 39.1 Å². The molecule has 0 bridgehead atoms. The number of fused-ring (bicyclic) bond motifs is 5. The number of rotatable bonds is 4. The van der Waals surface area contributed by atoms with Crippen LogP contribution in [0.3, 0.4) is 0 Å². The lowest BCUT2D eigenvalue weighted by Crippen LogP contribution is -2.36. The third kappa shape index (κ3) is 3.26. The summed E-state index contributed by atoms with van der Waals surface area (Å²) in [7, 11) is 0.261. The Labute approximate surface area is 197 Å². The van der Waals surface area contributed by atoms with Crippen LogP contribution in [-0.2, 0) is 23.9 Å². The quantitative estimate of drug-likeness (QED) is 0.282. The van der Waals surface area contributed by atoms with E-state index >= 15 is 0 Å².